The van der Waals surface area contributed by atoms with Gasteiger partial charge in [-0.1, -0.05) is 109 Å². The van der Waals surface area contributed by atoms with Crippen molar-refractivity contribution in [2.45, 2.75) is 0 Å². The third-order valence-electron chi connectivity index (χ3n) is 10.5. The molecular weight excluding hydrogens is 657 g/mol. The molecule has 54 heavy (non-hydrogen) atoms. The number of para-hydroxylation sites is 2. The van der Waals surface area contributed by atoms with E-state index in [4.69, 9.17) is 0 Å². The van der Waals surface area contributed by atoms with Crippen molar-refractivity contribution in [3.63, 3.8) is 0 Å². The van der Waals surface area contributed by atoms with Crippen molar-refractivity contribution in [1.29, 1.82) is 10.5 Å². The molecular formula is C50H30N4. The molecule has 0 aliphatic rings. The van der Waals surface area contributed by atoms with E-state index in [9.17, 15) is 10.5 Å². The molecule has 4 nitrogen and oxygen atoms in total. The molecule has 250 valence electrons. The van der Waals surface area contributed by atoms with Gasteiger partial charge in [0, 0.05) is 38.5 Å². The minimum absolute atomic E-state index is 0.448. The lowest BCUT2D eigenvalue weighted by Gasteiger charge is -2.16. The first kappa shape index (κ1) is 31.1. The molecule has 0 spiro atoms. The lowest BCUT2D eigenvalue weighted by molar-refractivity contribution is 1.17. The Labute approximate surface area is 312 Å². The number of hydrogen-bond donors (Lipinski definition) is 0. The van der Waals surface area contributed by atoms with Gasteiger partial charge in [0.25, 0.3) is 0 Å². The number of benzene rings is 8. The molecule has 0 aliphatic carbocycles. The van der Waals surface area contributed by atoms with Crippen LogP contribution in [0.15, 0.2) is 182 Å². The van der Waals surface area contributed by atoms with Crippen LogP contribution in [0.5, 0.6) is 0 Å². The maximum atomic E-state index is 10.1. The quantitative estimate of drug-likeness (QED) is 0.181. The van der Waals surface area contributed by atoms with E-state index in [1.807, 2.05) is 18.2 Å². The molecule has 0 bridgehead atoms. The highest BCUT2D eigenvalue weighted by atomic mass is 15.0. The van der Waals surface area contributed by atoms with Crippen LogP contribution in [0.1, 0.15) is 11.1 Å². The Bertz CT molecular complexity index is 3030. The van der Waals surface area contributed by atoms with E-state index in [2.05, 4.69) is 179 Å². The van der Waals surface area contributed by atoms with Gasteiger partial charge >= 0.3 is 0 Å². The van der Waals surface area contributed by atoms with Gasteiger partial charge in [-0.2, -0.15) is 10.5 Å². The first-order valence-electron chi connectivity index (χ1n) is 18.0. The molecule has 0 saturated carbocycles. The Balaban J connectivity index is 1.34. The fraction of sp³-hybridized carbons (Fsp3) is 0. The summed E-state index contributed by atoms with van der Waals surface area (Å²) in [5.41, 5.74) is 13.6. The standard InChI is InChI=1S/C50H30N4/c51-31-33-24-34(32-52)26-39(25-33)43-29-41(30-46-42-18-10-11-19-47(42)54(50(43)46)40-16-8-3-9-17-40)53-48-22-20-37(35-12-4-1-5-13-35)27-44(48)45-28-38(21-23-49(45)53)36-14-6-2-7-15-36/h1-30H. The van der Waals surface area contributed by atoms with Crippen LogP contribution < -0.4 is 0 Å². The molecule has 2 aromatic heterocycles. The van der Waals surface area contributed by atoms with Crippen LogP contribution in [0.25, 0.3) is 88.4 Å². The Morgan fingerprint density at radius 3 is 1.43 bits per heavy atom. The van der Waals surface area contributed by atoms with Crippen molar-refractivity contribution < 1.29 is 0 Å². The predicted octanol–water partition coefficient (Wildman–Crippen LogP) is 12.6. The Morgan fingerprint density at radius 2 is 0.852 bits per heavy atom. The van der Waals surface area contributed by atoms with E-state index in [1.165, 1.54) is 11.1 Å². The normalized spacial score (nSPS) is 11.3. The van der Waals surface area contributed by atoms with Gasteiger partial charge < -0.3 is 9.13 Å². The molecule has 0 atom stereocenters. The molecule has 0 saturated heterocycles. The Kier molecular flexibility index (Phi) is 7.22. The second kappa shape index (κ2) is 12.5. The second-order valence-electron chi connectivity index (χ2n) is 13.6. The van der Waals surface area contributed by atoms with Gasteiger partial charge in [-0.3, -0.25) is 0 Å². The molecule has 0 N–H and O–H groups in total. The molecule has 2 heterocycles. The summed E-state index contributed by atoms with van der Waals surface area (Å²) in [6, 6.07) is 68.0. The van der Waals surface area contributed by atoms with Gasteiger partial charge in [0.1, 0.15) is 0 Å². The monoisotopic (exact) mass is 686 g/mol. The fourth-order valence-electron chi connectivity index (χ4n) is 8.11. The van der Waals surface area contributed by atoms with Crippen molar-refractivity contribution in [2.75, 3.05) is 0 Å². The van der Waals surface area contributed by atoms with Crippen molar-refractivity contribution in [3.05, 3.63) is 193 Å². The van der Waals surface area contributed by atoms with Gasteiger partial charge in [0.05, 0.1) is 45.3 Å². The minimum Gasteiger partial charge on any atom is -0.309 e. The van der Waals surface area contributed by atoms with Gasteiger partial charge in [0.15, 0.2) is 0 Å². The highest BCUT2D eigenvalue weighted by Gasteiger charge is 2.22. The highest BCUT2D eigenvalue weighted by molar-refractivity contribution is 6.16. The van der Waals surface area contributed by atoms with E-state index in [0.29, 0.717) is 11.1 Å². The zero-order valence-electron chi connectivity index (χ0n) is 29.1. The molecule has 0 aliphatic heterocycles. The molecule has 0 unspecified atom stereocenters. The topological polar surface area (TPSA) is 57.4 Å². The molecule has 4 heteroatoms. The van der Waals surface area contributed by atoms with E-state index in [-0.39, 0.29) is 0 Å². The zero-order valence-corrected chi connectivity index (χ0v) is 29.1. The lowest BCUT2D eigenvalue weighted by atomic mass is 9.97. The first-order chi connectivity index (χ1) is 26.7. The van der Waals surface area contributed by atoms with E-state index < -0.39 is 0 Å². The maximum absolute atomic E-state index is 10.1. The first-order valence-corrected chi connectivity index (χ1v) is 18.0. The number of rotatable bonds is 5. The summed E-state index contributed by atoms with van der Waals surface area (Å²) in [5, 5.41) is 24.7. The molecule has 0 fully saturated rings. The van der Waals surface area contributed by atoms with Crippen LogP contribution >= 0.6 is 0 Å². The number of aromatic nitrogens is 2. The third-order valence-corrected chi connectivity index (χ3v) is 10.5. The number of hydrogen-bond acceptors (Lipinski definition) is 2. The SMILES string of the molecule is N#Cc1cc(C#N)cc(-c2cc(-n3c4ccc(-c5ccccc5)cc4c4cc(-c5ccccc5)ccc43)cc3c4ccccc4n(-c4ccccc4)c23)c1. The summed E-state index contributed by atoms with van der Waals surface area (Å²) in [7, 11) is 0. The van der Waals surface area contributed by atoms with Crippen LogP contribution in [-0.4, -0.2) is 9.13 Å². The summed E-state index contributed by atoms with van der Waals surface area (Å²) < 4.78 is 4.67. The fourth-order valence-corrected chi connectivity index (χ4v) is 8.11. The second-order valence-corrected chi connectivity index (χ2v) is 13.6. The van der Waals surface area contributed by atoms with Crippen LogP contribution in [0, 0.1) is 22.7 Å². The maximum Gasteiger partial charge on any atom is 0.0992 e. The highest BCUT2D eigenvalue weighted by Crippen LogP contribution is 2.43. The van der Waals surface area contributed by atoms with Crippen molar-refractivity contribution in [3.8, 4) is 56.9 Å². The number of nitriles is 2. The van der Waals surface area contributed by atoms with Gasteiger partial charge in [0.2, 0.25) is 0 Å². The molecule has 0 radical (unpaired) electrons. The predicted molar refractivity (Wildman–Crippen MR) is 221 cm³/mol. The van der Waals surface area contributed by atoms with Gasteiger partial charge in [-0.15, -0.1) is 0 Å². The van der Waals surface area contributed by atoms with E-state index in [0.717, 1.165) is 77.2 Å². The molecule has 0 amide bonds. The average Bonchev–Trinajstić information content (AvgIpc) is 3.76. The largest absolute Gasteiger partial charge is 0.309 e. The van der Waals surface area contributed by atoms with E-state index in [1.54, 1.807) is 6.07 Å². The van der Waals surface area contributed by atoms with E-state index >= 15 is 0 Å². The zero-order chi connectivity index (χ0) is 36.2. The summed E-state index contributed by atoms with van der Waals surface area (Å²) in [5.74, 6) is 0. The van der Waals surface area contributed by atoms with Crippen LogP contribution in [0.3, 0.4) is 0 Å². The number of fused-ring (bicyclic) bond motifs is 6. The Hall–Kier alpha value is -7.66. The summed E-state index contributed by atoms with van der Waals surface area (Å²) >= 11 is 0. The van der Waals surface area contributed by atoms with Gasteiger partial charge in [-0.25, -0.2) is 0 Å². The van der Waals surface area contributed by atoms with Crippen LogP contribution in [0.4, 0.5) is 0 Å². The number of nitrogens with zero attached hydrogens (tertiary/aromatic N) is 4. The van der Waals surface area contributed by atoms with Crippen molar-refractivity contribution in [1.82, 2.24) is 9.13 Å². The summed E-state index contributed by atoms with van der Waals surface area (Å²) in [6.45, 7) is 0. The van der Waals surface area contributed by atoms with Crippen LogP contribution in [-0.2, 0) is 0 Å². The summed E-state index contributed by atoms with van der Waals surface area (Å²) in [4.78, 5) is 0. The lowest BCUT2D eigenvalue weighted by Crippen LogP contribution is -1.99. The minimum atomic E-state index is 0.448. The van der Waals surface area contributed by atoms with Gasteiger partial charge in [-0.05, 0) is 101 Å². The summed E-state index contributed by atoms with van der Waals surface area (Å²) in [6.07, 6.45) is 0. The molecule has 10 rings (SSSR count). The smallest absolute Gasteiger partial charge is 0.0992 e. The Morgan fingerprint density at radius 1 is 0.333 bits per heavy atom. The van der Waals surface area contributed by atoms with Crippen molar-refractivity contribution >= 4 is 43.6 Å². The molecule has 10 aromatic rings. The third kappa shape index (κ3) is 4.98. The van der Waals surface area contributed by atoms with Crippen LogP contribution in [0.2, 0.25) is 0 Å². The molecule has 8 aromatic carbocycles. The van der Waals surface area contributed by atoms with Crippen molar-refractivity contribution in [2.24, 2.45) is 0 Å². The average molecular weight is 687 g/mol.